The van der Waals surface area contributed by atoms with Crippen molar-refractivity contribution in [3.63, 3.8) is 0 Å². The van der Waals surface area contributed by atoms with Gasteiger partial charge in [0.1, 0.15) is 18.3 Å². The Bertz CT molecular complexity index is 1060. The Labute approximate surface area is 169 Å². The van der Waals surface area contributed by atoms with E-state index in [0.29, 0.717) is 5.56 Å². The summed E-state index contributed by atoms with van der Waals surface area (Å²) in [7, 11) is 1.41. The molecule has 1 saturated heterocycles. The minimum Gasteiger partial charge on any atom is -0.504 e. The number of rotatable bonds is 6. The second-order valence-corrected chi connectivity index (χ2v) is 6.57. The number of nitrogens with zero attached hydrogens (tertiary/aromatic N) is 1. The fourth-order valence-corrected chi connectivity index (χ4v) is 2.99. The minimum atomic E-state index is -1.43. The molecule has 11 heteroatoms. The first kappa shape index (κ1) is 21.3. The van der Waals surface area contributed by atoms with E-state index >= 15 is 0 Å². The summed E-state index contributed by atoms with van der Waals surface area (Å²) in [5.41, 5.74) is -0.785. The van der Waals surface area contributed by atoms with Gasteiger partial charge in [-0.3, -0.25) is 19.1 Å². The number of carbonyl (C=O) groups is 1. The van der Waals surface area contributed by atoms with Crippen LogP contribution in [0.3, 0.4) is 0 Å². The van der Waals surface area contributed by atoms with Gasteiger partial charge in [0.05, 0.1) is 7.11 Å². The molecule has 2 aromatic rings. The molecule has 1 aliphatic rings. The van der Waals surface area contributed by atoms with E-state index in [4.69, 9.17) is 9.47 Å². The summed E-state index contributed by atoms with van der Waals surface area (Å²) in [4.78, 5) is 37.1. The van der Waals surface area contributed by atoms with Gasteiger partial charge in [-0.2, -0.15) is 0 Å². The summed E-state index contributed by atoms with van der Waals surface area (Å²) in [5.74, 6) is -0.254. The van der Waals surface area contributed by atoms with Gasteiger partial charge in [0, 0.05) is 24.9 Å². The largest absolute Gasteiger partial charge is 0.504 e. The highest BCUT2D eigenvalue weighted by molar-refractivity contribution is 5.91. The molecule has 4 atom stereocenters. The predicted octanol–water partition coefficient (Wildman–Crippen LogP) is -1.30. The molecule has 3 rings (SSSR count). The molecule has 0 spiro atoms. The highest BCUT2D eigenvalue weighted by Crippen LogP contribution is 2.28. The molecule has 2 heterocycles. The number of carbonyl (C=O) groups excluding carboxylic acids is 1. The molecule has 1 aromatic carbocycles. The zero-order chi connectivity index (χ0) is 21.8. The van der Waals surface area contributed by atoms with Crippen LogP contribution in [0.2, 0.25) is 0 Å². The van der Waals surface area contributed by atoms with Crippen LogP contribution < -0.4 is 21.3 Å². The first-order valence-corrected chi connectivity index (χ1v) is 8.96. The van der Waals surface area contributed by atoms with E-state index in [2.05, 4.69) is 5.32 Å². The number of amides is 1. The van der Waals surface area contributed by atoms with E-state index < -0.39 is 41.7 Å². The smallest absolute Gasteiger partial charge is 0.330 e. The van der Waals surface area contributed by atoms with Gasteiger partial charge in [-0.25, -0.2) is 4.79 Å². The van der Waals surface area contributed by atoms with Gasteiger partial charge in [-0.05, 0) is 23.8 Å². The maximum absolute atomic E-state index is 12.1. The zero-order valence-corrected chi connectivity index (χ0v) is 15.9. The Balaban J connectivity index is 1.60. The summed E-state index contributed by atoms with van der Waals surface area (Å²) in [5, 5.41) is 32.5. The van der Waals surface area contributed by atoms with Crippen molar-refractivity contribution in [2.45, 2.75) is 24.5 Å². The van der Waals surface area contributed by atoms with Crippen LogP contribution in [0, 0.1) is 0 Å². The van der Waals surface area contributed by atoms with Crippen LogP contribution in [0.1, 0.15) is 11.8 Å². The average molecular weight is 419 g/mol. The van der Waals surface area contributed by atoms with Crippen molar-refractivity contribution in [3.05, 3.63) is 62.9 Å². The Hall–Kier alpha value is -3.41. The molecule has 1 fully saturated rings. The molecule has 5 N–H and O–H groups in total. The number of phenols is 1. The first-order valence-electron chi connectivity index (χ1n) is 8.96. The Morgan fingerprint density at radius 1 is 1.30 bits per heavy atom. The molecule has 30 heavy (non-hydrogen) atoms. The third kappa shape index (κ3) is 4.59. The fourth-order valence-electron chi connectivity index (χ4n) is 2.99. The second-order valence-electron chi connectivity index (χ2n) is 6.57. The molecule has 0 saturated carbocycles. The summed E-state index contributed by atoms with van der Waals surface area (Å²) >= 11 is 0. The maximum Gasteiger partial charge on any atom is 0.330 e. The number of aliphatic hydroxyl groups is 2. The second kappa shape index (κ2) is 8.95. The van der Waals surface area contributed by atoms with Crippen LogP contribution in [0.15, 0.2) is 46.1 Å². The molecule has 0 bridgehead atoms. The third-order valence-corrected chi connectivity index (χ3v) is 4.57. The molecule has 0 unspecified atom stereocenters. The fraction of sp³-hybridized carbons (Fsp3) is 0.316. The number of aromatic hydroxyl groups is 1. The first-order chi connectivity index (χ1) is 14.3. The molecule has 0 radical (unpaired) electrons. The van der Waals surface area contributed by atoms with Gasteiger partial charge in [0.15, 0.2) is 17.7 Å². The number of aromatic amines is 1. The number of benzene rings is 1. The van der Waals surface area contributed by atoms with Gasteiger partial charge in [0.25, 0.3) is 5.56 Å². The number of aromatic nitrogens is 2. The number of H-pyrrole nitrogens is 1. The van der Waals surface area contributed by atoms with Gasteiger partial charge in [-0.15, -0.1) is 0 Å². The summed E-state index contributed by atoms with van der Waals surface area (Å²) in [6.45, 7) is -0.130. The summed E-state index contributed by atoms with van der Waals surface area (Å²) in [6.07, 6.45) is -1.10. The van der Waals surface area contributed by atoms with Crippen LogP contribution in [-0.4, -0.2) is 62.7 Å². The lowest BCUT2D eigenvalue weighted by Crippen LogP contribution is -2.39. The lowest BCUT2D eigenvalue weighted by atomic mass is 10.1. The van der Waals surface area contributed by atoms with Gasteiger partial charge in [-0.1, -0.05) is 6.07 Å². The molecule has 1 amide bonds. The molecular formula is C19H21N3O8. The highest BCUT2D eigenvalue weighted by atomic mass is 16.6. The van der Waals surface area contributed by atoms with Crippen LogP contribution in [0.4, 0.5) is 0 Å². The van der Waals surface area contributed by atoms with Crippen molar-refractivity contribution in [3.8, 4) is 11.5 Å². The molecule has 11 nitrogen and oxygen atoms in total. The van der Waals surface area contributed by atoms with Crippen LogP contribution >= 0.6 is 0 Å². The molecule has 1 aromatic heterocycles. The van der Waals surface area contributed by atoms with Crippen molar-refractivity contribution in [1.29, 1.82) is 0 Å². The van der Waals surface area contributed by atoms with Crippen molar-refractivity contribution in [2.75, 3.05) is 13.7 Å². The van der Waals surface area contributed by atoms with E-state index in [-0.39, 0.29) is 18.0 Å². The van der Waals surface area contributed by atoms with E-state index in [1.165, 1.54) is 25.3 Å². The van der Waals surface area contributed by atoms with Gasteiger partial charge in [0.2, 0.25) is 5.91 Å². The molecule has 0 aliphatic carbocycles. The maximum atomic E-state index is 12.1. The van der Waals surface area contributed by atoms with Crippen LogP contribution in [0.5, 0.6) is 11.5 Å². The van der Waals surface area contributed by atoms with Crippen LogP contribution in [-0.2, 0) is 9.53 Å². The quantitative estimate of drug-likeness (QED) is 0.361. The Kier molecular flexibility index (Phi) is 6.35. The summed E-state index contributed by atoms with van der Waals surface area (Å²) < 4.78 is 11.5. The molecular weight excluding hydrogens is 398 g/mol. The normalized spacial score (nSPS) is 23.6. The van der Waals surface area contributed by atoms with Crippen molar-refractivity contribution in [1.82, 2.24) is 14.9 Å². The number of phenolic OH excluding ortho intramolecular Hbond substituents is 1. The van der Waals surface area contributed by atoms with Gasteiger partial charge < -0.3 is 30.1 Å². The number of aliphatic hydroxyl groups excluding tert-OH is 2. The highest BCUT2D eigenvalue weighted by Gasteiger charge is 2.44. The monoisotopic (exact) mass is 419 g/mol. The average Bonchev–Trinajstić information content (AvgIpc) is 3.00. The standard InChI is InChI=1S/C19H21N3O8/c1-29-12-8-10(2-4-11(12)23)3-5-14(24)20-9-13-16(26)17(27)18(30-13)22-7-6-15(25)21-19(22)28/h2-8,13,16-18,23,26-27H,9H2,1H3,(H,20,24)(H,21,25,28)/b5-3+/t13-,16-,17+,18-/m1/s1. The minimum absolute atomic E-state index is 0.0267. The molecule has 1 aliphatic heterocycles. The van der Waals surface area contributed by atoms with Crippen molar-refractivity contribution < 1.29 is 29.6 Å². The van der Waals surface area contributed by atoms with E-state index in [1.807, 2.05) is 4.98 Å². The topological polar surface area (TPSA) is 163 Å². The number of nitrogens with one attached hydrogen (secondary N) is 2. The van der Waals surface area contributed by atoms with E-state index in [9.17, 15) is 29.7 Å². The van der Waals surface area contributed by atoms with Crippen LogP contribution in [0.25, 0.3) is 6.08 Å². The number of hydrogen-bond acceptors (Lipinski definition) is 8. The lowest BCUT2D eigenvalue weighted by Gasteiger charge is -2.16. The summed E-state index contributed by atoms with van der Waals surface area (Å²) in [6, 6.07) is 5.65. The lowest BCUT2D eigenvalue weighted by molar-refractivity contribution is -0.117. The molecule has 160 valence electrons. The Morgan fingerprint density at radius 2 is 2.07 bits per heavy atom. The number of methoxy groups -OCH3 is 1. The zero-order valence-electron chi connectivity index (χ0n) is 15.9. The number of hydrogen-bond donors (Lipinski definition) is 5. The van der Waals surface area contributed by atoms with Crippen molar-refractivity contribution >= 4 is 12.0 Å². The van der Waals surface area contributed by atoms with E-state index in [1.54, 1.807) is 12.1 Å². The van der Waals surface area contributed by atoms with Gasteiger partial charge >= 0.3 is 5.69 Å². The third-order valence-electron chi connectivity index (χ3n) is 4.57. The number of ether oxygens (including phenoxy) is 2. The SMILES string of the molecule is COc1cc(/C=C/C(=O)NC[C@H]2O[C@@H](n3ccc(=O)[nH]c3=O)[C@@H](O)[C@@H]2O)ccc1O. The Morgan fingerprint density at radius 3 is 2.77 bits per heavy atom. The van der Waals surface area contributed by atoms with E-state index in [0.717, 1.165) is 16.8 Å². The van der Waals surface area contributed by atoms with Crippen molar-refractivity contribution in [2.24, 2.45) is 0 Å². The predicted molar refractivity (Wildman–Crippen MR) is 104 cm³/mol.